The zero-order valence-electron chi connectivity index (χ0n) is 10.5. The second-order valence-corrected chi connectivity index (χ2v) is 4.29. The van der Waals surface area contributed by atoms with Gasteiger partial charge in [-0.15, -0.1) is 0 Å². The molecule has 0 aliphatic heterocycles. The molecule has 1 atom stereocenters. The van der Waals surface area contributed by atoms with Crippen molar-refractivity contribution >= 4 is 5.82 Å². The molecule has 0 aromatic carbocycles. The number of anilines is 1. The number of nitrogens with zero attached hydrogens (tertiary/aromatic N) is 3. The van der Waals surface area contributed by atoms with Crippen LogP contribution in [-0.4, -0.2) is 19.9 Å². The van der Waals surface area contributed by atoms with Gasteiger partial charge in [-0.3, -0.25) is 4.68 Å². The largest absolute Gasteiger partial charge is 0.386 e. The van der Waals surface area contributed by atoms with Crippen molar-refractivity contribution in [2.45, 2.75) is 32.4 Å². The molecule has 2 rings (SSSR count). The summed E-state index contributed by atoms with van der Waals surface area (Å²) < 4.78 is 1.84. The number of nitrogen functional groups attached to an aromatic ring is 1. The molecule has 0 amide bonds. The summed E-state index contributed by atoms with van der Waals surface area (Å²) in [5, 5.41) is 14.4. The quantitative estimate of drug-likeness (QED) is 0.839. The molecule has 3 N–H and O–H groups in total. The van der Waals surface area contributed by atoms with Crippen LogP contribution in [0.5, 0.6) is 0 Å². The van der Waals surface area contributed by atoms with E-state index in [4.69, 9.17) is 5.73 Å². The van der Waals surface area contributed by atoms with Crippen molar-refractivity contribution in [2.24, 2.45) is 0 Å². The third-order valence-corrected chi connectivity index (χ3v) is 2.80. The predicted molar refractivity (Wildman–Crippen MR) is 69.8 cm³/mol. The van der Waals surface area contributed by atoms with Gasteiger partial charge in [0.25, 0.3) is 0 Å². The molecule has 0 radical (unpaired) electrons. The number of aliphatic hydroxyl groups excluding tert-OH is 1. The van der Waals surface area contributed by atoms with Crippen LogP contribution >= 0.6 is 0 Å². The van der Waals surface area contributed by atoms with E-state index in [2.05, 4.69) is 17.0 Å². The van der Waals surface area contributed by atoms with E-state index in [-0.39, 0.29) is 0 Å². The van der Waals surface area contributed by atoms with Gasteiger partial charge < -0.3 is 10.8 Å². The number of rotatable bonds is 5. The van der Waals surface area contributed by atoms with Gasteiger partial charge in [0.1, 0.15) is 5.82 Å². The highest BCUT2D eigenvalue weighted by molar-refractivity contribution is 5.32. The maximum atomic E-state index is 10.2. The van der Waals surface area contributed by atoms with Crippen molar-refractivity contribution in [2.75, 3.05) is 5.73 Å². The van der Waals surface area contributed by atoms with Crippen LogP contribution in [0.3, 0.4) is 0 Å². The number of hydrogen-bond donors (Lipinski definition) is 2. The van der Waals surface area contributed by atoms with Gasteiger partial charge in [-0.2, -0.15) is 5.10 Å². The van der Waals surface area contributed by atoms with Crippen LogP contribution < -0.4 is 5.73 Å². The van der Waals surface area contributed by atoms with Gasteiger partial charge in [0.15, 0.2) is 0 Å². The standard InChI is InChI=1S/C13H18N4O/c1-2-7-17-11(4-6-16-17)12(18)8-10-3-5-15-13(14)9-10/h3-6,9,12,18H,2,7-8H2,1H3,(H2,14,15). The topological polar surface area (TPSA) is 77.0 Å². The molecular formula is C13H18N4O. The Labute approximate surface area is 106 Å². The summed E-state index contributed by atoms with van der Waals surface area (Å²) >= 11 is 0. The number of hydrogen-bond acceptors (Lipinski definition) is 4. The number of pyridine rings is 1. The van der Waals surface area contributed by atoms with Gasteiger partial charge in [0.05, 0.1) is 11.8 Å². The Hall–Kier alpha value is -1.88. The van der Waals surface area contributed by atoms with E-state index in [1.54, 1.807) is 18.5 Å². The first-order chi connectivity index (χ1) is 8.70. The van der Waals surface area contributed by atoms with E-state index < -0.39 is 6.10 Å². The van der Waals surface area contributed by atoms with Crippen molar-refractivity contribution in [3.8, 4) is 0 Å². The summed E-state index contributed by atoms with van der Waals surface area (Å²) in [5.41, 5.74) is 7.43. The van der Waals surface area contributed by atoms with Crippen LogP contribution in [0.2, 0.25) is 0 Å². The zero-order chi connectivity index (χ0) is 13.0. The third kappa shape index (κ3) is 2.87. The minimum atomic E-state index is -0.569. The van der Waals surface area contributed by atoms with Gasteiger partial charge in [-0.25, -0.2) is 4.98 Å². The molecule has 18 heavy (non-hydrogen) atoms. The summed E-state index contributed by atoms with van der Waals surface area (Å²) in [6, 6.07) is 5.49. The Morgan fingerprint density at radius 2 is 2.22 bits per heavy atom. The molecular weight excluding hydrogens is 228 g/mol. The number of aromatic nitrogens is 3. The molecule has 96 valence electrons. The van der Waals surface area contributed by atoms with Crippen molar-refractivity contribution in [1.82, 2.24) is 14.8 Å². The maximum Gasteiger partial charge on any atom is 0.123 e. The minimum absolute atomic E-state index is 0.474. The second-order valence-electron chi connectivity index (χ2n) is 4.29. The molecule has 5 heteroatoms. The van der Waals surface area contributed by atoms with Crippen LogP contribution in [0, 0.1) is 0 Å². The number of aliphatic hydroxyl groups is 1. The molecule has 0 aliphatic carbocycles. The van der Waals surface area contributed by atoms with E-state index in [0.717, 1.165) is 24.2 Å². The van der Waals surface area contributed by atoms with Gasteiger partial charge in [0, 0.05) is 25.4 Å². The normalized spacial score (nSPS) is 12.6. The molecule has 0 saturated heterocycles. The van der Waals surface area contributed by atoms with Gasteiger partial charge in [0.2, 0.25) is 0 Å². The average Bonchev–Trinajstić information content (AvgIpc) is 2.78. The van der Waals surface area contributed by atoms with Gasteiger partial charge in [-0.05, 0) is 30.2 Å². The average molecular weight is 246 g/mol. The lowest BCUT2D eigenvalue weighted by molar-refractivity contribution is 0.166. The summed E-state index contributed by atoms with van der Waals surface area (Å²) in [4.78, 5) is 3.94. The monoisotopic (exact) mass is 246 g/mol. The molecule has 5 nitrogen and oxygen atoms in total. The minimum Gasteiger partial charge on any atom is -0.386 e. The smallest absolute Gasteiger partial charge is 0.123 e. The molecule has 0 bridgehead atoms. The molecule has 0 spiro atoms. The summed E-state index contributed by atoms with van der Waals surface area (Å²) in [6.45, 7) is 2.90. The van der Waals surface area contributed by atoms with Crippen molar-refractivity contribution in [3.63, 3.8) is 0 Å². The second kappa shape index (κ2) is 5.64. The molecule has 0 saturated carbocycles. The first-order valence-corrected chi connectivity index (χ1v) is 6.11. The van der Waals surface area contributed by atoms with Crippen LogP contribution in [0.15, 0.2) is 30.6 Å². The lowest BCUT2D eigenvalue weighted by Crippen LogP contribution is -2.11. The lowest BCUT2D eigenvalue weighted by atomic mass is 10.1. The number of aryl methyl sites for hydroxylation is 1. The molecule has 2 aromatic heterocycles. The maximum absolute atomic E-state index is 10.2. The molecule has 2 heterocycles. The Morgan fingerprint density at radius 3 is 2.94 bits per heavy atom. The summed E-state index contributed by atoms with van der Waals surface area (Å²) in [5.74, 6) is 0.474. The van der Waals surface area contributed by atoms with E-state index in [0.29, 0.717) is 12.2 Å². The fourth-order valence-electron chi connectivity index (χ4n) is 1.97. The van der Waals surface area contributed by atoms with Crippen LogP contribution in [0.1, 0.15) is 30.7 Å². The first kappa shape index (κ1) is 12.6. The Balaban J connectivity index is 2.11. The highest BCUT2D eigenvalue weighted by Gasteiger charge is 2.13. The highest BCUT2D eigenvalue weighted by atomic mass is 16.3. The molecule has 1 unspecified atom stereocenters. The van der Waals surface area contributed by atoms with Crippen molar-refractivity contribution < 1.29 is 5.11 Å². The van der Waals surface area contributed by atoms with Crippen LogP contribution in [-0.2, 0) is 13.0 Å². The Morgan fingerprint density at radius 1 is 1.39 bits per heavy atom. The van der Waals surface area contributed by atoms with Crippen molar-refractivity contribution in [1.29, 1.82) is 0 Å². The van der Waals surface area contributed by atoms with Gasteiger partial charge in [-0.1, -0.05) is 6.92 Å². The Bertz CT molecular complexity index is 509. The zero-order valence-corrected chi connectivity index (χ0v) is 10.5. The van der Waals surface area contributed by atoms with Gasteiger partial charge >= 0.3 is 0 Å². The number of nitrogens with two attached hydrogens (primary N) is 1. The SMILES string of the molecule is CCCn1nccc1C(O)Cc1ccnc(N)c1. The third-order valence-electron chi connectivity index (χ3n) is 2.80. The van der Waals surface area contributed by atoms with Crippen LogP contribution in [0.25, 0.3) is 0 Å². The predicted octanol–water partition coefficient (Wildman–Crippen LogP) is 1.55. The molecule has 0 aliphatic rings. The van der Waals surface area contributed by atoms with E-state index in [1.807, 2.05) is 16.8 Å². The van der Waals surface area contributed by atoms with E-state index in [9.17, 15) is 5.11 Å². The fraction of sp³-hybridized carbons (Fsp3) is 0.385. The molecule has 2 aromatic rings. The highest BCUT2D eigenvalue weighted by Crippen LogP contribution is 2.18. The summed E-state index contributed by atoms with van der Waals surface area (Å²) in [7, 11) is 0. The van der Waals surface area contributed by atoms with Crippen molar-refractivity contribution in [3.05, 3.63) is 41.9 Å². The molecule has 0 fully saturated rings. The van der Waals surface area contributed by atoms with Crippen LogP contribution in [0.4, 0.5) is 5.82 Å². The Kier molecular flexibility index (Phi) is 3.94. The van der Waals surface area contributed by atoms with E-state index >= 15 is 0 Å². The summed E-state index contributed by atoms with van der Waals surface area (Å²) in [6.07, 6.45) is 4.31. The first-order valence-electron chi connectivity index (χ1n) is 6.11. The van der Waals surface area contributed by atoms with E-state index in [1.165, 1.54) is 0 Å². The lowest BCUT2D eigenvalue weighted by Gasteiger charge is -2.13. The fourth-order valence-corrected chi connectivity index (χ4v) is 1.97.